The van der Waals surface area contributed by atoms with Crippen molar-refractivity contribution < 1.29 is 4.74 Å². The molecule has 2 heteroatoms. The molecule has 2 nitrogen and oxygen atoms in total. The van der Waals surface area contributed by atoms with Gasteiger partial charge < -0.3 is 9.64 Å². The smallest absolute Gasteiger partial charge is 0.0717 e. The molecule has 0 aliphatic carbocycles. The zero-order valence-corrected chi connectivity index (χ0v) is 13.6. The van der Waals surface area contributed by atoms with Crippen LogP contribution in [0.2, 0.25) is 0 Å². The number of rotatable bonds is 7. The van der Waals surface area contributed by atoms with E-state index in [-0.39, 0.29) is 0 Å². The lowest BCUT2D eigenvalue weighted by atomic mass is 10.1. The Bertz CT molecular complexity index is 734. The molecule has 0 N–H and O–H groups in total. The first kappa shape index (κ1) is 15.6. The summed E-state index contributed by atoms with van der Waals surface area (Å²) in [6.45, 7) is 5.47. The minimum absolute atomic E-state index is 0.675. The van der Waals surface area contributed by atoms with E-state index >= 15 is 0 Å². The van der Waals surface area contributed by atoms with Gasteiger partial charge in [0.1, 0.15) is 0 Å². The van der Waals surface area contributed by atoms with Gasteiger partial charge in [0.2, 0.25) is 0 Å². The van der Waals surface area contributed by atoms with Crippen molar-refractivity contribution in [3.8, 4) is 0 Å². The molecule has 0 radical (unpaired) electrons. The van der Waals surface area contributed by atoms with Crippen molar-refractivity contribution in [1.82, 2.24) is 0 Å². The number of nitrogens with zero attached hydrogens (tertiary/aromatic N) is 1. The number of ether oxygens (including phenoxy) is 1. The molecular formula is C21H23NO. The summed E-state index contributed by atoms with van der Waals surface area (Å²) in [6, 6.07) is 25.4. The molecule has 0 aliphatic heterocycles. The zero-order chi connectivity index (χ0) is 15.9. The summed E-state index contributed by atoms with van der Waals surface area (Å²) in [5, 5.41) is 2.59. The Morgan fingerprint density at radius 2 is 1.57 bits per heavy atom. The van der Waals surface area contributed by atoms with Crippen molar-refractivity contribution in [2.45, 2.75) is 13.5 Å². The maximum Gasteiger partial charge on any atom is 0.0717 e. The van der Waals surface area contributed by atoms with Crippen LogP contribution in [-0.2, 0) is 11.3 Å². The highest BCUT2D eigenvalue weighted by Gasteiger charge is 2.08. The van der Waals surface area contributed by atoms with E-state index in [1.807, 2.05) is 18.2 Å². The number of fused-ring (bicyclic) bond motifs is 1. The Labute approximate surface area is 138 Å². The number of hydrogen-bond donors (Lipinski definition) is 0. The van der Waals surface area contributed by atoms with E-state index in [2.05, 4.69) is 66.4 Å². The molecule has 0 unspecified atom stereocenters. The summed E-state index contributed by atoms with van der Waals surface area (Å²) < 4.78 is 5.84. The van der Waals surface area contributed by atoms with Crippen molar-refractivity contribution in [2.24, 2.45) is 0 Å². The predicted octanol–water partition coefficient (Wildman–Crippen LogP) is 4.88. The summed E-state index contributed by atoms with van der Waals surface area (Å²) in [5.41, 5.74) is 2.51. The Morgan fingerprint density at radius 3 is 2.39 bits per heavy atom. The van der Waals surface area contributed by atoms with Crippen LogP contribution in [0, 0.1) is 0 Å². The normalized spacial score (nSPS) is 10.8. The molecule has 118 valence electrons. The van der Waals surface area contributed by atoms with Gasteiger partial charge in [0.25, 0.3) is 0 Å². The first-order valence-electron chi connectivity index (χ1n) is 8.23. The van der Waals surface area contributed by atoms with E-state index in [1.54, 1.807) is 0 Å². The van der Waals surface area contributed by atoms with Gasteiger partial charge in [0.05, 0.1) is 13.2 Å². The van der Waals surface area contributed by atoms with E-state index in [1.165, 1.54) is 22.0 Å². The van der Waals surface area contributed by atoms with Crippen LogP contribution >= 0.6 is 0 Å². The fourth-order valence-corrected chi connectivity index (χ4v) is 2.87. The van der Waals surface area contributed by atoms with Crippen LogP contribution in [0.4, 0.5) is 5.69 Å². The van der Waals surface area contributed by atoms with Gasteiger partial charge in [-0.2, -0.15) is 0 Å². The molecule has 0 saturated carbocycles. The lowest BCUT2D eigenvalue weighted by Gasteiger charge is -2.24. The lowest BCUT2D eigenvalue weighted by molar-refractivity contribution is 0.127. The average Bonchev–Trinajstić information content (AvgIpc) is 2.62. The molecule has 0 aliphatic rings. The van der Waals surface area contributed by atoms with E-state index in [4.69, 9.17) is 4.74 Å². The summed E-state index contributed by atoms with van der Waals surface area (Å²) >= 11 is 0. The largest absolute Gasteiger partial charge is 0.375 e. The highest BCUT2D eigenvalue weighted by Crippen LogP contribution is 2.26. The third kappa shape index (κ3) is 3.91. The van der Waals surface area contributed by atoms with Gasteiger partial charge in [0.15, 0.2) is 0 Å². The summed E-state index contributed by atoms with van der Waals surface area (Å²) in [6.07, 6.45) is 0. The third-order valence-electron chi connectivity index (χ3n) is 4.11. The summed E-state index contributed by atoms with van der Waals surface area (Å²) in [4.78, 5) is 2.38. The standard InChI is InChI=1S/C21H23NO/c1-2-22(15-16-23-17-18-9-4-3-5-10-18)21-14-8-12-19-11-6-7-13-20(19)21/h3-14H,2,15-17H2,1H3. The predicted molar refractivity (Wildman–Crippen MR) is 97.9 cm³/mol. The highest BCUT2D eigenvalue weighted by molar-refractivity contribution is 5.94. The van der Waals surface area contributed by atoms with Crippen LogP contribution in [0.25, 0.3) is 10.8 Å². The van der Waals surface area contributed by atoms with Gasteiger partial charge in [-0.25, -0.2) is 0 Å². The molecule has 3 aromatic rings. The fraction of sp³-hybridized carbons (Fsp3) is 0.238. The molecule has 0 amide bonds. The van der Waals surface area contributed by atoms with Crippen LogP contribution in [0.1, 0.15) is 12.5 Å². The van der Waals surface area contributed by atoms with Crippen LogP contribution in [-0.4, -0.2) is 19.7 Å². The van der Waals surface area contributed by atoms with Crippen molar-refractivity contribution >= 4 is 16.5 Å². The molecule has 0 heterocycles. The van der Waals surface area contributed by atoms with E-state index in [9.17, 15) is 0 Å². The van der Waals surface area contributed by atoms with E-state index in [0.29, 0.717) is 6.61 Å². The lowest BCUT2D eigenvalue weighted by Crippen LogP contribution is -2.27. The molecule has 3 aromatic carbocycles. The maximum atomic E-state index is 5.84. The minimum atomic E-state index is 0.675. The topological polar surface area (TPSA) is 12.5 Å². The van der Waals surface area contributed by atoms with Gasteiger partial charge >= 0.3 is 0 Å². The van der Waals surface area contributed by atoms with Gasteiger partial charge in [-0.1, -0.05) is 66.7 Å². The number of likely N-dealkylation sites (N-methyl/N-ethyl adjacent to an activating group) is 1. The van der Waals surface area contributed by atoms with Gasteiger partial charge in [-0.3, -0.25) is 0 Å². The third-order valence-corrected chi connectivity index (χ3v) is 4.11. The molecule has 0 spiro atoms. The van der Waals surface area contributed by atoms with Gasteiger partial charge in [-0.15, -0.1) is 0 Å². The van der Waals surface area contributed by atoms with Crippen LogP contribution < -0.4 is 4.90 Å². The molecule has 0 saturated heterocycles. The highest BCUT2D eigenvalue weighted by atomic mass is 16.5. The Balaban J connectivity index is 1.63. The SMILES string of the molecule is CCN(CCOCc1ccccc1)c1cccc2ccccc12. The van der Waals surface area contributed by atoms with Crippen LogP contribution in [0.3, 0.4) is 0 Å². The van der Waals surface area contributed by atoms with Crippen LogP contribution in [0.15, 0.2) is 72.8 Å². The fourth-order valence-electron chi connectivity index (χ4n) is 2.87. The molecule has 0 aromatic heterocycles. The van der Waals surface area contributed by atoms with Crippen LogP contribution in [0.5, 0.6) is 0 Å². The zero-order valence-electron chi connectivity index (χ0n) is 13.6. The monoisotopic (exact) mass is 305 g/mol. The minimum Gasteiger partial charge on any atom is -0.375 e. The molecular weight excluding hydrogens is 282 g/mol. The first-order valence-corrected chi connectivity index (χ1v) is 8.23. The van der Waals surface area contributed by atoms with Crippen molar-refractivity contribution in [3.05, 3.63) is 78.4 Å². The number of hydrogen-bond acceptors (Lipinski definition) is 2. The van der Waals surface area contributed by atoms with Crippen molar-refractivity contribution in [3.63, 3.8) is 0 Å². The summed E-state index contributed by atoms with van der Waals surface area (Å²) in [7, 11) is 0. The molecule has 0 fully saturated rings. The quantitative estimate of drug-likeness (QED) is 0.577. The number of anilines is 1. The number of benzene rings is 3. The Kier molecular flexibility index (Phi) is 5.28. The summed E-state index contributed by atoms with van der Waals surface area (Å²) in [5.74, 6) is 0. The van der Waals surface area contributed by atoms with E-state index in [0.717, 1.165) is 19.7 Å². The average molecular weight is 305 g/mol. The maximum absolute atomic E-state index is 5.84. The molecule has 0 bridgehead atoms. The Hall–Kier alpha value is -2.32. The van der Waals surface area contributed by atoms with E-state index < -0.39 is 0 Å². The second-order valence-corrected chi connectivity index (χ2v) is 5.62. The second kappa shape index (κ2) is 7.80. The van der Waals surface area contributed by atoms with Gasteiger partial charge in [-0.05, 0) is 23.9 Å². The molecule has 0 atom stereocenters. The first-order chi connectivity index (χ1) is 11.4. The van der Waals surface area contributed by atoms with Crippen molar-refractivity contribution in [2.75, 3.05) is 24.6 Å². The van der Waals surface area contributed by atoms with Crippen molar-refractivity contribution in [1.29, 1.82) is 0 Å². The van der Waals surface area contributed by atoms with Gasteiger partial charge in [0, 0.05) is 24.2 Å². The Morgan fingerprint density at radius 1 is 0.826 bits per heavy atom. The molecule has 23 heavy (non-hydrogen) atoms. The molecule has 3 rings (SSSR count). The second-order valence-electron chi connectivity index (χ2n) is 5.62.